The highest BCUT2D eigenvalue weighted by Gasteiger charge is 2.25. The first-order valence-corrected chi connectivity index (χ1v) is 8.41. The summed E-state index contributed by atoms with van der Waals surface area (Å²) < 4.78 is 0. The van der Waals surface area contributed by atoms with Crippen LogP contribution in [0.25, 0.3) is 0 Å². The van der Waals surface area contributed by atoms with Gasteiger partial charge in [0.05, 0.1) is 6.04 Å². The average Bonchev–Trinajstić information content (AvgIpc) is 3.02. The van der Waals surface area contributed by atoms with Crippen molar-refractivity contribution in [1.82, 2.24) is 4.90 Å². The Kier molecular flexibility index (Phi) is 5.16. The van der Waals surface area contributed by atoms with Crippen molar-refractivity contribution in [2.45, 2.75) is 38.9 Å². The first-order chi connectivity index (χ1) is 9.13. The molecule has 0 amide bonds. The Labute approximate surface area is 123 Å². The van der Waals surface area contributed by atoms with Gasteiger partial charge in [0.2, 0.25) is 0 Å². The molecule has 0 saturated carbocycles. The van der Waals surface area contributed by atoms with Crippen LogP contribution in [0.5, 0.6) is 0 Å². The smallest absolute Gasteiger partial charge is 0.0596 e. The molecule has 0 radical (unpaired) electrons. The van der Waals surface area contributed by atoms with Crippen LogP contribution in [0.3, 0.4) is 0 Å². The van der Waals surface area contributed by atoms with Crippen molar-refractivity contribution in [1.29, 1.82) is 0 Å². The molecule has 2 aromatic heterocycles. The summed E-state index contributed by atoms with van der Waals surface area (Å²) in [5.41, 5.74) is 7.73. The van der Waals surface area contributed by atoms with E-state index in [1.165, 1.54) is 15.3 Å². The van der Waals surface area contributed by atoms with Crippen LogP contribution in [0.1, 0.15) is 34.7 Å². The van der Waals surface area contributed by atoms with E-state index < -0.39 is 0 Å². The second kappa shape index (κ2) is 6.66. The van der Waals surface area contributed by atoms with Crippen molar-refractivity contribution >= 4 is 22.7 Å². The van der Waals surface area contributed by atoms with Crippen LogP contribution in [-0.4, -0.2) is 18.0 Å². The molecule has 2 heterocycles. The summed E-state index contributed by atoms with van der Waals surface area (Å²) in [6, 6.07) is 6.99. The zero-order valence-electron chi connectivity index (χ0n) is 11.8. The lowest BCUT2D eigenvalue weighted by molar-refractivity contribution is 0.206. The molecule has 0 aliphatic carbocycles. The second-order valence-electron chi connectivity index (χ2n) is 4.98. The van der Waals surface area contributed by atoms with Crippen molar-refractivity contribution in [3.05, 3.63) is 44.3 Å². The second-order valence-corrected chi connectivity index (χ2v) is 6.96. The van der Waals surface area contributed by atoms with Crippen molar-refractivity contribution in [3.63, 3.8) is 0 Å². The molecule has 4 heteroatoms. The van der Waals surface area contributed by atoms with Gasteiger partial charge in [-0.3, -0.25) is 4.90 Å². The largest absolute Gasteiger partial charge is 0.326 e. The van der Waals surface area contributed by atoms with Gasteiger partial charge in [0, 0.05) is 22.3 Å². The van der Waals surface area contributed by atoms with Crippen LogP contribution in [0, 0.1) is 6.92 Å². The number of nitrogens with two attached hydrogens (primary N) is 1. The molecule has 2 atom stereocenters. The van der Waals surface area contributed by atoms with Crippen LogP contribution in [0.2, 0.25) is 0 Å². The summed E-state index contributed by atoms with van der Waals surface area (Å²) >= 11 is 3.63. The molecular formula is C15H22N2S2. The fourth-order valence-corrected chi connectivity index (χ4v) is 4.31. The number of rotatable bonds is 6. The van der Waals surface area contributed by atoms with Gasteiger partial charge in [-0.1, -0.05) is 13.0 Å². The van der Waals surface area contributed by atoms with E-state index in [1.54, 1.807) is 0 Å². The molecular weight excluding hydrogens is 272 g/mol. The van der Waals surface area contributed by atoms with Gasteiger partial charge in [-0.25, -0.2) is 0 Å². The van der Waals surface area contributed by atoms with Gasteiger partial charge in [-0.05, 0) is 48.8 Å². The number of hydrogen-bond acceptors (Lipinski definition) is 4. The first kappa shape index (κ1) is 14.7. The Hall–Kier alpha value is -0.680. The molecule has 2 nitrogen and oxygen atoms in total. The van der Waals surface area contributed by atoms with Gasteiger partial charge in [0.1, 0.15) is 0 Å². The molecule has 0 aliphatic rings. The van der Waals surface area contributed by atoms with E-state index in [2.05, 4.69) is 54.8 Å². The maximum Gasteiger partial charge on any atom is 0.0596 e. The van der Waals surface area contributed by atoms with Crippen molar-refractivity contribution < 1.29 is 0 Å². The summed E-state index contributed by atoms with van der Waals surface area (Å²) in [7, 11) is 2.18. The van der Waals surface area contributed by atoms with Crippen LogP contribution < -0.4 is 5.73 Å². The molecule has 0 aliphatic heterocycles. The fourth-order valence-electron chi connectivity index (χ4n) is 2.38. The predicted octanol–water partition coefficient (Wildman–Crippen LogP) is 4.03. The van der Waals surface area contributed by atoms with Crippen LogP contribution in [0.4, 0.5) is 0 Å². The molecule has 2 N–H and O–H groups in total. The fraction of sp³-hybridized carbons (Fsp3) is 0.467. The zero-order chi connectivity index (χ0) is 13.8. The van der Waals surface area contributed by atoms with Crippen molar-refractivity contribution in [3.8, 4) is 0 Å². The molecule has 2 aromatic rings. The van der Waals surface area contributed by atoms with Crippen LogP contribution in [-0.2, 0) is 6.54 Å². The van der Waals surface area contributed by atoms with Crippen molar-refractivity contribution in [2.24, 2.45) is 5.73 Å². The summed E-state index contributed by atoms with van der Waals surface area (Å²) in [6.45, 7) is 5.31. The molecule has 19 heavy (non-hydrogen) atoms. The Morgan fingerprint density at radius 3 is 2.58 bits per heavy atom. The lowest BCUT2D eigenvalue weighted by Gasteiger charge is -2.32. The highest BCUT2D eigenvalue weighted by molar-refractivity contribution is 7.10. The summed E-state index contributed by atoms with van der Waals surface area (Å²) in [5, 5.41) is 4.30. The highest BCUT2D eigenvalue weighted by atomic mass is 32.1. The average molecular weight is 294 g/mol. The topological polar surface area (TPSA) is 29.3 Å². The Morgan fingerprint density at radius 1 is 1.26 bits per heavy atom. The van der Waals surface area contributed by atoms with Crippen LogP contribution >= 0.6 is 22.7 Å². The first-order valence-electron chi connectivity index (χ1n) is 6.65. The minimum absolute atomic E-state index is 0.183. The van der Waals surface area contributed by atoms with Crippen LogP contribution in [0.15, 0.2) is 29.0 Å². The minimum atomic E-state index is 0.183. The lowest BCUT2D eigenvalue weighted by atomic mass is 10.0. The number of nitrogens with zero attached hydrogens (tertiary/aromatic N) is 1. The van der Waals surface area contributed by atoms with Crippen molar-refractivity contribution in [2.75, 3.05) is 7.05 Å². The van der Waals surface area contributed by atoms with E-state index in [-0.39, 0.29) is 6.04 Å². The maximum absolute atomic E-state index is 6.38. The molecule has 0 saturated heterocycles. The molecule has 0 aromatic carbocycles. The Bertz CT molecular complexity index is 490. The molecule has 0 bridgehead atoms. The number of aryl methyl sites for hydroxylation is 1. The Morgan fingerprint density at radius 2 is 2.05 bits per heavy atom. The molecule has 2 unspecified atom stereocenters. The summed E-state index contributed by atoms with van der Waals surface area (Å²) in [5.74, 6) is 0. The number of thiophene rings is 2. The normalized spacial score (nSPS) is 14.8. The van der Waals surface area contributed by atoms with Gasteiger partial charge in [0.15, 0.2) is 0 Å². The van der Waals surface area contributed by atoms with E-state index in [0.29, 0.717) is 6.04 Å². The third-order valence-electron chi connectivity index (χ3n) is 3.51. The standard InChI is InChI=1S/C15H22N2S2/c1-4-13(16)14(15-11(2)7-9-19-15)17(3)10-12-6-5-8-18-12/h5-9,13-14H,4,10,16H2,1-3H3. The predicted molar refractivity (Wildman–Crippen MR) is 85.8 cm³/mol. The molecule has 2 rings (SSSR count). The monoisotopic (exact) mass is 294 g/mol. The SMILES string of the molecule is CCC(N)C(c1sccc1C)N(C)Cc1cccs1. The summed E-state index contributed by atoms with van der Waals surface area (Å²) in [6.07, 6.45) is 0.997. The highest BCUT2D eigenvalue weighted by Crippen LogP contribution is 2.32. The molecule has 0 fully saturated rings. The molecule has 104 valence electrons. The molecule has 0 spiro atoms. The number of hydrogen-bond donors (Lipinski definition) is 1. The maximum atomic E-state index is 6.38. The van der Waals surface area contributed by atoms with Gasteiger partial charge < -0.3 is 5.73 Å². The Balaban J connectivity index is 2.20. The van der Waals surface area contributed by atoms with E-state index >= 15 is 0 Å². The minimum Gasteiger partial charge on any atom is -0.326 e. The summed E-state index contributed by atoms with van der Waals surface area (Å²) in [4.78, 5) is 5.19. The third kappa shape index (κ3) is 3.45. The van der Waals surface area contributed by atoms with E-state index in [4.69, 9.17) is 5.73 Å². The van der Waals surface area contributed by atoms with E-state index in [1.807, 2.05) is 22.7 Å². The van der Waals surface area contributed by atoms with Gasteiger partial charge in [-0.15, -0.1) is 22.7 Å². The third-order valence-corrected chi connectivity index (χ3v) is 5.46. The van der Waals surface area contributed by atoms with E-state index in [9.17, 15) is 0 Å². The van der Waals surface area contributed by atoms with Gasteiger partial charge in [-0.2, -0.15) is 0 Å². The number of likely N-dealkylation sites (N-methyl/N-ethyl adjacent to an activating group) is 1. The van der Waals surface area contributed by atoms with Gasteiger partial charge >= 0.3 is 0 Å². The quantitative estimate of drug-likeness (QED) is 0.871. The van der Waals surface area contributed by atoms with Gasteiger partial charge in [0.25, 0.3) is 0 Å². The zero-order valence-corrected chi connectivity index (χ0v) is 13.4. The van der Waals surface area contributed by atoms with E-state index in [0.717, 1.165) is 13.0 Å². The lowest BCUT2D eigenvalue weighted by Crippen LogP contribution is -2.38.